The van der Waals surface area contributed by atoms with Gasteiger partial charge in [0.05, 0.1) is 5.02 Å². The Bertz CT molecular complexity index is 928. The van der Waals surface area contributed by atoms with Crippen LogP contribution in [0.4, 0.5) is 10.2 Å². The molecule has 7 nitrogen and oxygen atoms in total. The number of likely N-dealkylation sites (N-methyl/N-ethyl adjacent to an activating group) is 1. The second kappa shape index (κ2) is 8.59. The van der Waals surface area contributed by atoms with E-state index in [0.29, 0.717) is 0 Å². The van der Waals surface area contributed by atoms with Crippen LogP contribution >= 0.6 is 11.6 Å². The molecule has 1 aliphatic carbocycles. The van der Waals surface area contributed by atoms with Gasteiger partial charge in [-0.15, -0.1) is 0 Å². The summed E-state index contributed by atoms with van der Waals surface area (Å²) in [6.07, 6.45) is 6.35. The summed E-state index contributed by atoms with van der Waals surface area (Å²) in [6.45, 7) is 0. The fourth-order valence-electron chi connectivity index (χ4n) is 3.32. The normalized spacial score (nSPS) is 20.2. The van der Waals surface area contributed by atoms with Crippen molar-refractivity contribution < 1.29 is 17.5 Å². The molecule has 28 heavy (non-hydrogen) atoms. The molecule has 0 spiro atoms. The molecule has 2 aromatic rings. The summed E-state index contributed by atoms with van der Waals surface area (Å²) < 4.78 is 47.8. The molecule has 0 aliphatic heterocycles. The molecule has 1 aromatic carbocycles. The zero-order valence-electron chi connectivity index (χ0n) is 15.6. The Balaban J connectivity index is 1.84. The lowest BCUT2D eigenvalue weighted by atomic mass is 9.91. The van der Waals surface area contributed by atoms with Crippen molar-refractivity contribution in [2.24, 2.45) is 0 Å². The van der Waals surface area contributed by atoms with Gasteiger partial charge in [-0.25, -0.2) is 22.8 Å². The monoisotopic (exact) mass is 428 g/mol. The average Bonchev–Trinajstić information content (AvgIpc) is 2.65. The van der Waals surface area contributed by atoms with Crippen molar-refractivity contribution in [2.45, 2.75) is 42.7 Å². The maximum absolute atomic E-state index is 14.6. The van der Waals surface area contributed by atoms with Gasteiger partial charge in [0.25, 0.3) is 10.0 Å². The third kappa shape index (κ3) is 4.71. The summed E-state index contributed by atoms with van der Waals surface area (Å²) in [5, 5.41) is 0.0348. The van der Waals surface area contributed by atoms with Crippen LogP contribution in [0.5, 0.6) is 5.75 Å². The van der Waals surface area contributed by atoms with Gasteiger partial charge in [-0.3, -0.25) is 4.72 Å². The van der Waals surface area contributed by atoms with Gasteiger partial charge < -0.3 is 9.64 Å². The molecule has 0 saturated heterocycles. The number of benzene rings is 1. The lowest BCUT2D eigenvalue weighted by Gasteiger charge is -2.36. The van der Waals surface area contributed by atoms with E-state index in [9.17, 15) is 12.8 Å². The first-order chi connectivity index (χ1) is 13.3. The topological polar surface area (TPSA) is 84.4 Å². The van der Waals surface area contributed by atoms with Gasteiger partial charge in [-0.1, -0.05) is 18.0 Å². The molecule has 1 fully saturated rings. The molecule has 1 saturated carbocycles. The van der Waals surface area contributed by atoms with E-state index >= 15 is 0 Å². The second-order valence-corrected chi connectivity index (χ2v) is 8.94. The first-order valence-corrected chi connectivity index (χ1v) is 10.7. The van der Waals surface area contributed by atoms with E-state index in [0.717, 1.165) is 37.8 Å². The maximum Gasteiger partial charge on any atom is 0.266 e. The van der Waals surface area contributed by atoms with Crippen molar-refractivity contribution in [3.63, 3.8) is 0 Å². The zero-order chi connectivity index (χ0) is 20.3. The van der Waals surface area contributed by atoms with E-state index < -0.39 is 20.7 Å². The number of halogens is 2. The van der Waals surface area contributed by atoms with E-state index in [1.165, 1.54) is 18.6 Å². The van der Waals surface area contributed by atoms with Crippen LogP contribution in [-0.4, -0.2) is 49.5 Å². The Hall–Kier alpha value is -1.97. The van der Waals surface area contributed by atoms with Crippen molar-refractivity contribution in [1.82, 2.24) is 14.9 Å². The third-order valence-electron chi connectivity index (χ3n) is 4.71. The number of sulfonamides is 1. The van der Waals surface area contributed by atoms with Crippen LogP contribution in [-0.2, 0) is 10.0 Å². The molecule has 1 N–H and O–H groups in total. The summed E-state index contributed by atoms with van der Waals surface area (Å²) in [5.41, 5.74) is 0. The molecular weight excluding hydrogens is 407 g/mol. The van der Waals surface area contributed by atoms with Crippen LogP contribution in [0.25, 0.3) is 0 Å². The summed E-state index contributed by atoms with van der Waals surface area (Å²) >= 11 is 6.23. The van der Waals surface area contributed by atoms with Gasteiger partial charge in [0.1, 0.15) is 34.7 Å². The molecule has 152 valence electrons. The summed E-state index contributed by atoms with van der Waals surface area (Å²) in [4.78, 5) is 8.99. The fraction of sp³-hybridized carbons (Fsp3) is 0.444. The molecular formula is C18H22ClFN4O3S. The van der Waals surface area contributed by atoms with Crippen LogP contribution in [0.3, 0.4) is 0 Å². The minimum absolute atomic E-state index is 0.0295. The average molecular weight is 429 g/mol. The Labute approximate surface area is 168 Å². The lowest BCUT2D eigenvalue weighted by Crippen LogP contribution is -2.44. The lowest BCUT2D eigenvalue weighted by molar-refractivity contribution is 0.0620. The minimum Gasteiger partial charge on any atom is -0.487 e. The van der Waals surface area contributed by atoms with Crippen molar-refractivity contribution in [2.75, 3.05) is 18.8 Å². The van der Waals surface area contributed by atoms with Crippen LogP contribution in [0.2, 0.25) is 5.02 Å². The van der Waals surface area contributed by atoms with E-state index in [-0.39, 0.29) is 28.7 Å². The Morgan fingerprint density at radius 3 is 2.71 bits per heavy atom. The van der Waals surface area contributed by atoms with Gasteiger partial charge in [0, 0.05) is 18.3 Å². The second-order valence-electron chi connectivity index (χ2n) is 6.88. The number of rotatable bonds is 6. The molecule has 3 rings (SSSR count). The molecule has 1 aromatic heterocycles. The number of anilines is 1. The van der Waals surface area contributed by atoms with E-state index in [1.807, 2.05) is 14.1 Å². The van der Waals surface area contributed by atoms with Gasteiger partial charge >= 0.3 is 0 Å². The van der Waals surface area contributed by atoms with Crippen molar-refractivity contribution in [3.05, 3.63) is 41.6 Å². The molecule has 0 amide bonds. The minimum atomic E-state index is -4.20. The first-order valence-electron chi connectivity index (χ1n) is 8.89. The highest BCUT2D eigenvalue weighted by Gasteiger charge is 2.30. The Kier molecular flexibility index (Phi) is 6.36. The molecule has 1 unspecified atom stereocenters. The largest absolute Gasteiger partial charge is 0.487 e. The highest BCUT2D eigenvalue weighted by atomic mass is 35.5. The number of aromatic nitrogens is 2. The number of hydrogen-bond acceptors (Lipinski definition) is 6. The predicted molar refractivity (Wildman–Crippen MR) is 105 cm³/mol. The number of nitrogens with one attached hydrogen (secondary N) is 1. The number of ether oxygens (including phenoxy) is 1. The molecule has 10 heteroatoms. The number of nitrogens with zero attached hydrogens (tertiary/aromatic N) is 3. The quantitative estimate of drug-likeness (QED) is 0.759. The fourth-order valence-corrected chi connectivity index (χ4v) is 4.69. The summed E-state index contributed by atoms with van der Waals surface area (Å²) in [6, 6.07) is 3.64. The maximum atomic E-state index is 14.6. The standard InChI is InChI=1S/C18H22ClFN4O3S/c1-24(2)14-5-3-4-6-15(14)27-16-10-13(20)17(9-12(16)19)28(25,26)23-18-7-8-21-11-22-18/h7-11,14-15H,3-6H2,1-2H3,(H,21,22,23)/t14?,15-/m1/s1. The first kappa shape index (κ1) is 20.8. The summed E-state index contributed by atoms with van der Waals surface area (Å²) in [5.74, 6) is -0.779. The molecule has 1 aliphatic rings. The van der Waals surface area contributed by atoms with Crippen molar-refractivity contribution in [3.8, 4) is 5.75 Å². The summed E-state index contributed by atoms with van der Waals surface area (Å²) in [7, 11) is -0.254. The Morgan fingerprint density at radius 2 is 2.04 bits per heavy atom. The zero-order valence-corrected chi connectivity index (χ0v) is 17.2. The smallest absolute Gasteiger partial charge is 0.266 e. The molecule has 2 atom stereocenters. The van der Waals surface area contributed by atoms with Crippen molar-refractivity contribution >= 4 is 27.4 Å². The predicted octanol–water partition coefficient (Wildman–Crippen LogP) is 3.32. The van der Waals surface area contributed by atoms with Crippen LogP contribution in [0.1, 0.15) is 25.7 Å². The van der Waals surface area contributed by atoms with Gasteiger partial charge in [0.2, 0.25) is 0 Å². The van der Waals surface area contributed by atoms with Gasteiger partial charge in [-0.2, -0.15) is 0 Å². The highest BCUT2D eigenvalue weighted by molar-refractivity contribution is 7.92. The van der Waals surface area contributed by atoms with E-state index in [2.05, 4.69) is 19.6 Å². The van der Waals surface area contributed by atoms with Gasteiger partial charge in [0.15, 0.2) is 0 Å². The van der Waals surface area contributed by atoms with Crippen LogP contribution in [0.15, 0.2) is 35.6 Å². The van der Waals surface area contributed by atoms with E-state index in [4.69, 9.17) is 16.3 Å². The Morgan fingerprint density at radius 1 is 1.29 bits per heavy atom. The van der Waals surface area contributed by atoms with Crippen LogP contribution in [0, 0.1) is 5.82 Å². The van der Waals surface area contributed by atoms with Crippen molar-refractivity contribution in [1.29, 1.82) is 0 Å². The molecule has 0 bridgehead atoms. The molecule has 1 heterocycles. The molecule has 0 radical (unpaired) electrons. The van der Waals surface area contributed by atoms with Gasteiger partial charge in [-0.05, 0) is 45.5 Å². The third-order valence-corrected chi connectivity index (χ3v) is 6.37. The highest BCUT2D eigenvalue weighted by Crippen LogP contribution is 2.34. The SMILES string of the molecule is CN(C)C1CCCC[C@H]1Oc1cc(F)c(S(=O)(=O)Nc2ccncn2)cc1Cl. The number of hydrogen-bond donors (Lipinski definition) is 1. The van der Waals surface area contributed by atoms with E-state index in [1.54, 1.807) is 0 Å². The van der Waals surface area contributed by atoms with Crippen LogP contribution < -0.4 is 9.46 Å².